The van der Waals surface area contributed by atoms with Gasteiger partial charge in [0.05, 0.1) is 12.7 Å². The smallest absolute Gasteiger partial charge is 0.128 e. The Morgan fingerprint density at radius 3 is 2.76 bits per heavy atom. The summed E-state index contributed by atoms with van der Waals surface area (Å²) < 4.78 is 5.48. The zero-order valence-electron chi connectivity index (χ0n) is 14.1. The summed E-state index contributed by atoms with van der Waals surface area (Å²) in [5, 5.41) is 11.0. The minimum atomic E-state index is -0.606. The number of aliphatic hydroxyl groups is 1. The quantitative estimate of drug-likeness (QED) is 0.917. The Kier molecular flexibility index (Phi) is 4.92. The van der Waals surface area contributed by atoms with Crippen molar-refractivity contribution in [3.63, 3.8) is 0 Å². The van der Waals surface area contributed by atoms with Crippen LogP contribution in [-0.4, -0.2) is 22.8 Å². The van der Waals surface area contributed by atoms with Gasteiger partial charge in [0.15, 0.2) is 0 Å². The van der Waals surface area contributed by atoms with Crippen molar-refractivity contribution in [2.75, 3.05) is 7.11 Å². The predicted molar refractivity (Wildman–Crippen MR) is 85.7 cm³/mol. The third-order valence-corrected chi connectivity index (χ3v) is 5.05. The second kappa shape index (κ2) is 6.35. The first-order valence-corrected chi connectivity index (χ1v) is 8.08. The number of aromatic nitrogens is 1. The summed E-state index contributed by atoms with van der Waals surface area (Å²) in [6.07, 6.45) is 6.62. The van der Waals surface area contributed by atoms with Crippen molar-refractivity contribution in [3.8, 4) is 5.75 Å². The van der Waals surface area contributed by atoms with Gasteiger partial charge in [-0.1, -0.05) is 20.3 Å². The van der Waals surface area contributed by atoms with Crippen LogP contribution in [0.1, 0.15) is 56.4 Å². The Morgan fingerprint density at radius 1 is 1.43 bits per heavy atom. The largest absolute Gasteiger partial charge is 0.496 e. The Bertz CT molecular complexity index is 498. The van der Waals surface area contributed by atoms with E-state index in [2.05, 4.69) is 18.8 Å². The number of hydrogen-bond donors (Lipinski definition) is 1. The number of pyridine rings is 1. The van der Waals surface area contributed by atoms with Crippen LogP contribution in [0.2, 0.25) is 0 Å². The molecule has 118 valence electrons. The molecule has 1 fully saturated rings. The summed E-state index contributed by atoms with van der Waals surface area (Å²) in [5.41, 5.74) is 2.49. The molecule has 0 bridgehead atoms. The highest BCUT2D eigenvalue weighted by molar-refractivity contribution is 5.41. The van der Waals surface area contributed by atoms with Gasteiger partial charge in [-0.3, -0.25) is 4.98 Å². The lowest BCUT2D eigenvalue weighted by atomic mass is 9.72. The Hall–Kier alpha value is -1.09. The molecule has 0 aromatic carbocycles. The van der Waals surface area contributed by atoms with E-state index in [-0.39, 0.29) is 0 Å². The first-order chi connectivity index (χ1) is 9.86. The standard InChI is InChI=1S/C18H29NO2/c1-12(2)15-7-6-8-18(20,9-15)10-16-14(4)17(21-5)13(3)11-19-16/h11-12,15,20H,6-10H2,1-5H3. The fourth-order valence-corrected chi connectivity index (χ4v) is 3.68. The van der Waals surface area contributed by atoms with Crippen LogP contribution >= 0.6 is 0 Å². The molecule has 1 aliphatic rings. The van der Waals surface area contributed by atoms with Crippen LogP contribution in [0.4, 0.5) is 0 Å². The molecule has 0 radical (unpaired) electrons. The fourth-order valence-electron chi connectivity index (χ4n) is 3.68. The third kappa shape index (κ3) is 3.57. The molecule has 1 aromatic rings. The Labute approximate surface area is 128 Å². The Morgan fingerprint density at radius 2 is 2.14 bits per heavy atom. The van der Waals surface area contributed by atoms with E-state index < -0.39 is 5.60 Å². The van der Waals surface area contributed by atoms with E-state index in [1.807, 2.05) is 20.0 Å². The van der Waals surface area contributed by atoms with Gasteiger partial charge in [0.25, 0.3) is 0 Å². The molecule has 2 rings (SSSR count). The topological polar surface area (TPSA) is 42.4 Å². The summed E-state index contributed by atoms with van der Waals surface area (Å²) in [5.74, 6) is 2.16. The molecule has 21 heavy (non-hydrogen) atoms. The second-order valence-electron chi connectivity index (χ2n) is 7.05. The fraction of sp³-hybridized carbons (Fsp3) is 0.722. The second-order valence-corrected chi connectivity index (χ2v) is 7.05. The average Bonchev–Trinajstić information content (AvgIpc) is 2.42. The molecule has 3 nitrogen and oxygen atoms in total. The Balaban J connectivity index is 2.21. The molecule has 1 aliphatic carbocycles. The average molecular weight is 291 g/mol. The molecule has 0 spiro atoms. The number of nitrogens with zero attached hydrogens (tertiary/aromatic N) is 1. The van der Waals surface area contributed by atoms with Crippen LogP contribution in [0, 0.1) is 25.7 Å². The van der Waals surface area contributed by atoms with E-state index >= 15 is 0 Å². The molecule has 1 N–H and O–H groups in total. The van der Waals surface area contributed by atoms with Gasteiger partial charge in [-0.15, -0.1) is 0 Å². The molecule has 1 aromatic heterocycles. The van der Waals surface area contributed by atoms with Crippen molar-refractivity contribution in [2.24, 2.45) is 11.8 Å². The monoisotopic (exact) mass is 291 g/mol. The molecule has 2 unspecified atom stereocenters. The number of ether oxygens (including phenoxy) is 1. The van der Waals surface area contributed by atoms with E-state index in [9.17, 15) is 5.11 Å². The molecular weight excluding hydrogens is 262 g/mol. The molecule has 2 atom stereocenters. The van der Waals surface area contributed by atoms with Gasteiger partial charge in [-0.05, 0) is 44.9 Å². The maximum atomic E-state index is 11.0. The van der Waals surface area contributed by atoms with Crippen molar-refractivity contribution in [3.05, 3.63) is 23.0 Å². The molecule has 0 aliphatic heterocycles. The summed E-state index contributed by atoms with van der Waals surface area (Å²) in [6, 6.07) is 0. The van der Waals surface area contributed by atoms with E-state index in [4.69, 9.17) is 4.74 Å². The van der Waals surface area contributed by atoms with Crippen molar-refractivity contribution >= 4 is 0 Å². The minimum absolute atomic E-state index is 0.606. The zero-order chi connectivity index (χ0) is 15.6. The maximum absolute atomic E-state index is 11.0. The van der Waals surface area contributed by atoms with Gasteiger partial charge in [-0.25, -0.2) is 0 Å². The molecule has 1 heterocycles. The molecular formula is C18H29NO2. The van der Waals surface area contributed by atoms with Crippen LogP contribution in [-0.2, 0) is 6.42 Å². The predicted octanol–water partition coefficient (Wildman–Crippen LogP) is 3.83. The summed E-state index contributed by atoms with van der Waals surface area (Å²) in [6.45, 7) is 8.57. The molecule has 0 amide bonds. The normalized spacial score (nSPS) is 26.1. The first-order valence-electron chi connectivity index (χ1n) is 8.08. The first kappa shape index (κ1) is 16.3. The van der Waals surface area contributed by atoms with Gasteiger partial charge >= 0.3 is 0 Å². The van der Waals surface area contributed by atoms with Crippen molar-refractivity contribution < 1.29 is 9.84 Å². The van der Waals surface area contributed by atoms with E-state index in [0.29, 0.717) is 18.3 Å². The summed E-state index contributed by atoms with van der Waals surface area (Å²) >= 11 is 0. The zero-order valence-corrected chi connectivity index (χ0v) is 14.1. The van der Waals surface area contributed by atoms with Gasteiger partial charge in [0.1, 0.15) is 5.75 Å². The van der Waals surface area contributed by atoms with E-state index in [1.54, 1.807) is 7.11 Å². The highest BCUT2D eigenvalue weighted by atomic mass is 16.5. The van der Waals surface area contributed by atoms with Crippen LogP contribution in [0.15, 0.2) is 6.20 Å². The lowest BCUT2D eigenvalue weighted by molar-refractivity contribution is -0.0248. The molecule has 1 saturated carbocycles. The lowest BCUT2D eigenvalue weighted by Gasteiger charge is -2.38. The van der Waals surface area contributed by atoms with Crippen LogP contribution in [0.25, 0.3) is 0 Å². The highest BCUT2D eigenvalue weighted by Crippen LogP contribution is 2.39. The van der Waals surface area contributed by atoms with Crippen LogP contribution in [0.5, 0.6) is 5.75 Å². The number of aryl methyl sites for hydroxylation is 1. The molecule has 0 saturated heterocycles. The summed E-state index contributed by atoms with van der Waals surface area (Å²) in [4.78, 5) is 4.56. The van der Waals surface area contributed by atoms with Gasteiger partial charge in [0, 0.05) is 29.4 Å². The SMILES string of the molecule is COc1c(C)cnc(CC2(O)CCCC(C(C)C)C2)c1C. The highest BCUT2D eigenvalue weighted by Gasteiger charge is 2.36. The summed E-state index contributed by atoms with van der Waals surface area (Å²) in [7, 11) is 1.70. The third-order valence-electron chi connectivity index (χ3n) is 5.05. The van der Waals surface area contributed by atoms with E-state index in [0.717, 1.165) is 41.8 Å². The minimum Gasteiger partial charge on any atom is -0.496 e. The molecule has 3 heteroatoms. The van der Waals surface area contributed by atoms with Crippen LogP contribution < -0.4 is 4.74 Å². The van der Waals surface area contributed by atoms with Gasteiger partial charge in [-0.2, -0.15) is 0 Å². The van der Waals surface area contributed by atoms with Gasteiger partial charge in [0.2, 0.25) is 0 Å². The number of hydrogen-bond acceptors (Lipinski definition) is 3. The van der Waals surface area contributed by atoms with Crippen LogP contribution in [0.3, 0.4) is 0 Å². The van der Waals surface area contributed by atoms with E-state index in [1.165, 1.54) is 6.42 Å². The number of methoxy groups -OCH3 is 1. The van der Waals surface area contributed by atoms with Crippen molar-refractivity contribution in [1.82, 2.24) is 4.98 Å². The number of rotatable bonds is 4. The van der Waals surface area contributed by atoms with Gasteiger partial charge < -0.3 is 9.84 Å². The lowest BCUT2D eigenvalue weighted by Crippen LogP contribution is -2.39. The van der Waals surface area contributed by atoms with Crippen molar-refractivity contribution in [1.29, 1.82) is 0 Å². The maximum Gasteiger partial charge on any atom is 0.128 e. The van der Waals surface area contributed by atoms with Crippen molar-refractivity contribution in [2.45, 2.75) is 65.4 Å².